The lowest BCUT2D eigenvalue weighted by atomic mass is 9.94. The third kappa shape index (κ3) is 4.62. The molecule has 2 aromatic heterocycles. The predicted octanol–water partition coefficient (Wildman–Crippen LogP) is 4.56. The van der Waals surface area contributed by atoms with E-state index in [2.05, 4.69) is 17.0 Å². The SMILES string of the molecule is CC1CN(c2nc(-n3ccc(OCC(C)(C)C(F)(F)F)n3)ccc2C(=O)O)C(C)(C)C1. The van der Waals surface area contributed by atoms with Crippen LogP contribution in [0.2, 0.25) is 0 Å². The molecule has 3 heterocycles. The van der Waals surface area contributed by atoms with E-state index in [9.17, 15) is 23.1 Å². The van der Waals surface area contributed by atoms with E-state index in [0.717, 1.165) is 20.3 Å². The van der Waals surface area contributed by atoms with Gasteiger partial charge < -0.3 is 14.7 Å². The van der Waals surface area contributed by atoms with Gasteiger partial charge in [-0.2, -0.15) is 13.2 Å². The second-order valence-corrected chi connectivity index (χ2v) is 9.35. The smallest absolute Gasteiger partial charge is 0.397 e. The summed E-state index contributed by atoms with van der Waals surface area (Å²) in [4.78, 5) is 18.3. The van der Waals surface area contributed by atoms with Gasteiger partial charge in [0.1, 0.15) is 18.0 Å². The molecule has 1 aliphatic rings. The lowest BCUT2D eigenvalue weighted by molar-refractivity contribution is -0.219. The van der Waals surface area contributed by atoms with Crippen molar-refractivity contribution in [2.24, 2.45) is 11.3 Å². The van der Waals surface area contributed by atoms with Crippen LogP contribution >= 0.6 is 0 Å². The first-order chi connectivity index (χ1) is 14.2. The maximum Gasteiger partial charge on any atom is 0.397 e. The predicted molar refractivity (Wildman–Crippen MR) is 109 cm³/mol. The highest BCUT2D eigenvalue weighted by Gasteiger charge is 2.48. The molecule has 0 saturated carbocycles. The van der Waals surface area contributed by atoms with Crippen LogP contribution in [0.5, 0.6) is 5.88 Å². The maximum atomic E-state index is 13.0. The van der Waals surface area contributed by atoms with E-state index >= 15 is 0 Å². The first-order valence-corrected chi connectivity index (χ1v) is 9.99. The van der Waals surface area contributed by atoms with E-state index in [1.165, 1.54) is 29.1 Å². The molecule has 31 heavy (non-hydrogen) atoms. The van der Waals surface area contributed by atoms with Gasteiger partial charge in [-0.1, -0.05) is 6.92 Å². The van der Waals surface area contributed by atoms with Crippen LogP contribution in [0, 0.1) is 11.3 Å². The van der Waals surface area contributed by atoms with Crippen molar-refractivity contribution in [1.82, 2.24) is 14.8 Å². The van der Waals surface area contributed by atoms with E-state index in [-0.39, 0.29) is 17.0 Å². The molecule has 0 bridgehead atoms. The Hall–Kier alpha value is -2.78. The van der Waals surface area contributed by atoms with Crippen LogP contribution in [0.1, 0.15) is 51.4 Å². The minimum atomic E-state index is -4.40. The molecule has 1 fully saturated rings. The number of ether oxygens (including phenoxy) is 1. The van der Waals surface area contributed by atoms with Crippen molar-refractivity contribution in [1.29, 1.82) is 0 Å². The summed E-state index contributed by atoms with van der Waals surface area (Å²) < 4.78 is 45.7. The van der Waals surface area contributed by atoms with E-state index < -0.39 is 24.2 Å². The third-order valence-corrected chi connectivity index (χ3v) is 5.57. The molecular formula is C21H27F3N4O3. The molecular weight excluding hydrogens is 413 g/mol. The van der Waals surface area contributed by atoms with Crippen molar-refractivity contribution in [3.63, 3.8) is 0 Å². The molecule has 1 atom stereocenters. The van der Waals surface area contributed by atoms with Crippen molar-refractivity contribution < 1.29 is 27.8 Å². The van der Waals surface area contributed by atoms with E-state index in [1.54, 1.807) is 0 Å². The van der Waals surface area contributed by atoms with Gasteiger partial charge in [0.25, 0.3) is 0 Å². The third-order valence-electron chi connectivity index (χ3n) is 5.57. The fourth-order valence-corrected chi connectivity index (χ4v) is 3.75. The molecule has 0 aliphatic carbocycles. The summed E-state index contributed by atoms with van der Waals surface area (Å²) in [5.41, 5.74) is -2.21. The topological polar surface area (TPSA) is 80.5 Å². The second-order valence-electron chi connectivity index (χ2n) is 9.35. The van der Waals surface area contributed by atoms with Crippen LogP contribution in [0.15, 0.2) is 24.4 Å². The van der Waals surface area contributed by atoms with Gasteiger partial charge in [0.15, 0.2) is 5.82 Å². The van der Waals surface area contributed by atoms with E-state index in [1.807, 2.05) is 18.7 Å². The monoisotopic (exact) mass is 440 g/mol. The Kier molecular flexibility index (Phi) is 5.70. The highest BCUT2D eigenvalue weighted by Crippen LogP contribution is 2.39. The number of rotatable bonds is 6. The van der Waals surface area contributed by atoms with Crippen molar-refractivity contribution in [2.45, 2.75) is 52.8 Å². The number of hydrogen-bond acceptors (Lipinski definition) is 5. The molecule has 0 radical (unpaired) electrons. The summed E-state index contributed by atoms with van der Waals surface area (Å²) in [7, 11) is 0. The average molecular weight is 440 g/mol. The Balaban J connectivity index is 1.89. The number of aromatic carboxylic acids is 1. The van der Waals surface area contributed by atoms with Gasteiger partial charge in [-0.3, -0.25) is 0 Å². The zero-order valence-corrected chi connectivity index (χ0v) is 18.2. The molecule has 3 rings (SSSR count). The molecule has 0 aromatic carbocycles. The zero-order valence-electron chi connectivity index (χ0n) is 18.2. The van der Waals surface area contributed by atoms with Crippen molar-refractivity contribution in [2.75, 3.05) is 18.1 Å². The van der Waals surface area contributed by atoms with Gasteiger partial charge in [0.05, 0.1) is 5.41 Å². The molecule has 170 valence electrons. The number of hydrogen-bond donors (Lipinski definition) is 1. The Bertz CT molecular complexity index is 969. The number of anilines is 1. The molecule has 10 heteroatoms. The first-order valence-electron chi connectivity index (χ1n) is 9.99. The van der Waals surface area contributed by atoms with Crippen LogP contribution in [0.4, 0.5) is 19.0 Å². The minimum Gasteiger partial charge on any atom is -0.478 e. The minimum absolute atomic E-state index is 0.0260. The Morgan fingerprint density at radius 1 is 1.29 bits per heavy atom. The molecule has 1 saturated heterocycles. The molecule has 7 nitrogen and oxygen atoms in total. The standard InChI is InChI=1S/C21H27F3N4O3/c1-13-10-20(4,5)27(11-13)17-14(18(29)30)6-7-15(25-17)28-9-8-16(26-28)31-12-19(2,3)21(22,23)24/h6-9,13H,10-12H2,1-5H3,(H,29,30). The van der Waals surface area contributed by atoms with Crippen LogP contribution in [0.3, 0.4) is 0 Å². The number of nitrogens with zero attached hydrogens (tertiary/aromatic N) is 4. The fraction of sp³-hybridized carbons (Fsp3) is 0.571. The lowest BCUT2D eigenvalue weighted by Crippen LogP contribution is -2.39. The number of pyridine rings is 1. The number of aromatic nitrogens is 3. The van der Waals surface area contributed by atoms with Crippen molar-refractivity contribution in [3.8, 4) is 11.7 Å². The van der Waals surface area contributed by atoms with Gasteiger partial charge in [-0.05, 0) is 52.2 Å². The van der Waals surface area contributed by atoms with Crippen LogP contribution in [-0.4, -0.2) is 50.7 Å². The number of carboxylic acids is 1. The summed E-state index contributed by atoms with van der Waals surface area (Å²) in [5.74, 6) is 0.0148. The molecule has 0 amide bonds. The number of carbonyl (C=O) groups is 1. The molecule has 0 spiro atoms. The summed E-state index contributed by atoms with van der Waals surface area (Å²) in [5, 5.41) is 13.8. The highest BCUT2D eigenvalue weighted by molar-refractivity contribution is 5.93. The maximum absolute atomic E-state index is 13.0. The van der Waals surface area contributed by atoms with Crippen molar-refractivity contribution in [3.05, 3.63) is 30.0 Å². The number of halogens is 3. The van der Waals surface area contributed by atoms with Gasteiger partial charge >= 0.3 is 12.1 Å². The zero-order chi connectivity index (χ0) is 23.2. The summed E-state index contributed by atoms with van der Waals surface area (Å²) in [6.45, 7) is 8.39. The number of alkyl halides is 3. The summed E-state index contributed by atoms with van der Waals surface area (Å²) in [6, 6.07) is 4.42. The largest absolute Gasteiger partial charge is 0.478 e. The van der Waals surface area contributed by atoms with Gasteiger partial charge in [-0.25, -0.2) is 14.5 Å². The highest BCUT2D eigenvalue weighted by atomic mass is 19.4. The van der Waals surface area contributed by atoms with Gasteiger partial charge in [0.2, 0.25) is 5.88 Å². The summed E-state index contributed by atoms with van der Waals surface area (Å²) in [6.07, 6.45) is -1.99. The molecule has 2 aromatic rings. The molecule has 1 unspecified atom stereocenters. The second kappa shape index (κ2) is 7.72. The van der Waals surface area contributed by atoms with Crippen LogP contribution in [-0.2, 0) is 0 Å². The molecule has 1 N–H and O–H groups in total. The quantitative estimate of drug-likeness (QED) is 0.710. The van der Waals surface area contributed by atoms with Crippen LogP contribution < -0.4 is 9.64 Å². The van der Waals surface area contributed by atoms with Gasteiger partial charge in [-0.15, -0.1) is 5.10 Å². The summed E-state index contributed by atoms with van der Waals surface area (Å²) >= 11 is 0. The van der Waals surface area contributed by atoms with E-state index in [4.69, 9.17) is 4.74 Å². The fourth-order valence-electron chi connectivity index (χ4n) is 3.75. The van der Waals surface area contributed by atoms with Gasteiger partial charge in [0, 0.05) is 24.3 Å². The average Bonchev–Trinajstić information content (AvgIpc) is 3.21. The molecule has 1 aliphatic heterocycles. The Morgan fingerprint density at radius 2 is 1.97 bits per heavy atom. The lowest BCUT2D eigenvalue weighted by Gasteiger charge is -2.33. The normalized spacial score (nSPS) is 19.0. The first kappa shape index (κ1) is 22.9. The van der Waals surface area contributed by atoms with E-state index in [0.29, 0.717) is 24.1 Å². The Labute approximate surface area is 178 Å². The Morgan fingerprint density at radius 3 is 2.52 bits per heavy atom. The van der Waals surface area contributed by atoms with Crippen LogP contribution in [0.25, 0.3) is 5.82 Å². The van der Waals surface area contributed by atoms with Crippen molar-refractivity contribution >= 4 is 11.8 Å². The number of carboxylic acid groups (broad SMARTS) is 1.